The fourth-order valence-corrected chi connectivity index (χ4v) is 2.47. The Hall–Kier alpha value is -1.83. The van der Waals surface area contributed by atoms with E-state index in [9.17, 15) is 15.2 Å². The first-order chi connectivity index (χ1) is 9.04. The summed E-state index contributed by atoms with van der Waals surface area (Å²) < 4.78 is 4.94. The largest absolute Gasteiger partial charge is 0.500 e. The number of hydrogen-bond acceptors (Lipinski definition) is 6. The van der Waals surface area contributed by atoms with E-state index >= 15 is 0 Å². The van der Waals surface area contributed by atoms with Crippen LogP contribution in [0.15, 0.2) is 29.6 Å². The van der Waals surface area contributed by atoms with E-state index < -0.39 is 22.4 Å². The molecule has 0 aliphatic heterocycles. The molecule has 0 spiro atoms. The number of thiophene rings is 1. The lowest BCUT2D eigenvalue weighted by Crippen LogP contribution is -2.10. The Bertz CT molecular complexity index is 604. The number of nitrogens with zero attached hydrogens (tertiary/aromatic N) is 1. The van der Waals surface area contributed by atoms with Gasteiger partial charge in [-0.2, -0.15) is 0 Å². The topological polar surface area (TPSA) is 98.6 Å². The molecule has 1 aromatic heterocycles. The highest BCUT2D eigenvalue weighted by molar-refractivity contribution is 7.10. The molecule has 20 heavy (non-hydrogen) atoms. The molecule has 0 aliphatic carbocycles. The van der Waals surface area contributed by atoms with Gasteiger partial charge in [0.2, 0.25) is 5.75 Å². The Morgan fingerprint density at radius 1 is 1.50 bits per heavy atom. The smallest absolute Gasteiger partial charge is 0.315 e. The lowest BCUT2D eigenvalue weighted by molar-refractivity contribution is -0.386. The SMILES string of the molecule is COc1cc([C@@H](N)c2cccs2)cc([N+](=O)[O-])c1O.Cl. The van der Waals surface area contributed by atoms with Gasteiger partial charge in [-0.1, -0.05) is 6.07 Å². The van der Waals surface area contributed by atoms with Crippen molar-refractivity contribution in [1.29, 1.82) is 0 Å². The second-order valence-corrected chi connectivity index (χ2v) is 4.82. The van der Waals surface area contributed by atoms with Crippen molar-refractivity contribution in [3.63, 3.8) is 0 Å². The van der Waals surface area contributed by atoms with Crippen LogP contribution in [0.25, 0.3) is 0 Å². The average Bonchev–Trinajstić information content (AvgIpc) is 2.91. The fraction of sp³-hybridized carbons (Fsp3) is 0.167. The number of nitro benzene ring substituents is 1. The number of ether oxygens (including phenoxy) is 1. The molecule has 1 atom stereocenters. The van der Waals surface area contributed by atoms with Gasteiger partial charge in [0.1, 0.15) is 0 Å². The van der Waals surface area contributed by atoms with Crippen LogP contribution in [0.3, 0.4) is 0 Å². The first kappa shape index (κ1) is 16.2. The molecular weight excluding hydrogens is 304 g/mol. The van der Waals surface area contributed by atoms with Gasteiger partial charge < -0.3 is 15.6 Å². The summed E-state index contributed by atoms with van der Waals surface area (Å²) in [4.78, 5) is 11.1. The third-order valence-corrected chi connectivity index (χ3v) is 3.66. The first-order valence-electron chi connectivity index (χ1n) is 5.39. The Kier molecular flexibility index (Phi) is 5.32. The fourth-order valence-electron chi connectivity index (χ4n) is 1.72. The Balaban J connectivity index is 0.00000200. The summed E-state index contributed by atoms with van der Waals surface area (Å²) >= 11 is 1.46. The maximum atomic E-state index is 10.9. The minimum Gasteiger partial charge on any atom is -0.500 e. The van der Waals surface area contributed by atoms with Crippen molar-refractivity contribution in [2.75, 3.05) is 7.11 Å². The van der Waals surface area contributed by atoms with E-state index in [-0.39, 0.29) is 18.2 Å². The van der Waals surface area contributed by atoms with Crippen LogP contribution in [0, 0.1) is 10.1 Å². The Labute approximate surface area is 125 Å². The van der Waals surface area contributed by atoms with Crippen molar-refractivity contribution in [2.45, 2.75) is 6.04 Å². The molecular formula is C12H13ClN2O4S. The Morgan fingerprint density at radius 3 is 2.70 bits per heavy atom. The molecule has 0 fully saturated rings. The molecule has 0 unspecified atom stereocenters. The quantitative estimate of drug-likeness (QED) is 0.667. The maximum Gasteiger partial charge on any atom is 0.315 e. The molecule has 2 aromatic rings. The molecule has 1 heterocycles. The summed E-state index contributed by atoms with van der Waals surface area (Å²) in [6.45, 7) is 0. The highest BCUT2D eigenvalue weighted by atomic mass is 35.5. The number of rotatable bonds is 4. The van der Waals surface area contributed by atoms with Crippen molar-refractivity contribution >= 4 is 29.4 Å². The molecule has 1 aromatic carbocycles. The standard InChI is InChI=1S/C12H12N2O4S.ClH/c1-18-9-6-7(5-8(12(9)15)14(16)17)11(13)10-3-2-4-19-10;/h2-6,11,15H,13H2,1H3;1H/t11-;/m1./s1. The van der Waals surface area contributed by atoms with E-state index in [0.717, 1.165) is 4.88 Å². The zero-order valence-corrected chi connectivity index (χ0v) is 12.1. The summed E-state index contributed by atoms with van der Waals surface area (Å²) in [6, 6.07) is 5.98. The molecule has 0 radical (unpaired) electrons. The van der Waals surface area contributed by atoms with Gasteiger partial charge in [-0.25, -0.2) is 0 Å². The van der Waals surface area contributed by atoms with Gasteiger partial charge in [0.15, 0.2) is 5.75 Å². The number of phenols is 1. The zero-order chi connectivity index (χ0) is 14.0. The van der Waals surface area contributed by atoms with Gasteiger partial charge in [-0.05, 0) is 23.1 Å². The number of benzene rings is 1. The van der Waals surface area contributed by atoms with Gasteiger partial charge >= 0.3 is 5.69 Å². The van der Waals surface area contributed by atoms with E-state index in [1.165, 1.54) is 30.6 Å². The molecule has 0 saturated carbocycles. The number of phenolic OH excluding ortho intramolecular Hbond substituents is 1. The van der Waals surface area contributed by atoms with Crippen molar-refractivity contribution < 1.29 is 14.8 Å². The van der Waals surface area contributed by atoms with E-state index in [1.54, 1.807) is 0 Å². The maximum absolute atomic E-state index is 10.9. The van der Waals surface area contributed by atoms with Gasteiger partial charge in [0, 0.05) is 10.9 Å². The van der Waals surface area contributed by atoms with Crippen LogP contribution < -0.4 is 10.5 Å². The number of halogens is 1. The summed E-state index contributed by atoms with van der Waals surface area (Å²) in [5.41, 5.74) is 6.16. The van der Waals surface area contributed by atoms with Gasteiger partial charge in [0.25, 0.3) is 0 Å². The number of aromatic hydroxyl groups is 1. The van der Waals surface area contributed by atoms with Crippen LogP contribution in [0.4, 0.5) is 5.69 Å². The van der Waals surface area contributed by atoms with Crippen LogP contribution in [-0.4, -0.2) is 17.1 Å². The van der Waals surface area contributed by atoms with Crippen molar-refractivity contribution in [2.24, 2.45) is 5.73 Å². The number of methoxy groups -OCH3 is 1. The highest BCUT2D eigenvalue weighted by Gasteiger charge is 2.22. The average molecular weight is 317 g/mol. The van der Waals surface area contributed by atoms with Gasteiger partial charge in [-0.3, -0.25) is 10.1 Å². The van der Waals surface area contributed by atoms with Crippen LogP contribution in [0.1, 0.15) is 16.5 Å². The molecule has 0 bridgehead atoms. The minimum absolute atomic E-state index is 0. The number of hydrogen-bond donors (Lipinski definition) is 2. The summed E-state index contributed by atoms with van der Waals surface area (Å²) in [6.07, 6.45) is 0. The molecule has 0 saturated heterocycles. The number of nitrogens with two attached hydrogens (primary N) is 1. The monoisotopic (exact) mass is 316 g/mol. The molecule has 3 N–H and O–H groups in total. The third kappa shape index (κ3) is 3.01. The second-order valence-electron chi connectivity index (χ2n) is 3.84. The van der Waals surface area contributed by atoms with Gasteiger partial charge in [-0.15, -0.1) is 23.7 Å². The lowest BCUT2D eigenvalue weighted by atomic mass is 10.0. The molecule has 8 heteroatoms. The van der Waals surface area contributed by atoms with Crippen LogP contribution in [0.2, 0.25) is 0 Å². The summed E-state index contributed by atoms with van der Waals surface area (Å²) in [5.74, 6) is -0.453. The molecule has 0 amide bonds. The van der Waals surface area contributed by atoms with E-state index in [4.69, 9.17) is 10.5 Å². The van der Waals surface area contributed by atoms with Crippen molar-refractivity contribution in [1.82, 2.24) is 0 Å². The van der Waals surface area contributed by atoms with E-state index in [0.29, 0.717) is 5.56 Å². The van der Waals surface area contributed by atoms with E-state index in [2.05, 4.69) is 0 Å². The number of nitro groups is 1. The minimum atomic E-state index is -0.664. The molecule has 2 rings (SSSR count). The lowest BCUT2D eigenvalue weighted by Gasteiger charge is -2.12. The highest BCUT2D eigenvalue weighted by Crippen LogP contribution is 2.39. The van der Waals surface area contributed by atoms with Crippen LogP contribution >= 0.6 is 23.7 Å². The Morgan fingerprint density at radius 2 is 2.20 bits per heavy atom. The molecule has 0 aliphatic rings. The van der Waals surface area contributed by atoms with Crippen LogP contribution in [0.5, 0.6) is 11.5 Å². The molecule has 6 nitrogen and oxygen atoms in total. The molecule has 108 valence electrons. The first-order valence-corrected chi connectivity index (χ1v) is 6.26. The van der Waals surface area contributed by atoms with E-state index in [1.807, 2.05) is 17.5 Å². The third-order valence-electron chi connectivity index (χ3n) is 2.70. The second kappa shape index (κ2) is 6.56. The normalized spacial score (nSPS) is 11.5. The van der Waals surface area contributed by atoms with Gasteiger partial charge in [0.05, 0.1) is 18.1 Å². The summed E-state index contributed by atoms with van der Waals surface area (Å²) in [5, 5.41) is 22.5. The summed E-state index contributed by atoms with van der Waals surface area (Å²) in [7, 11) is 1.33. The zero-order valence-electron chi connectivity index (χ0n) is 10.5. The van der Waals surface area contributed by atoms with Crippen molar-refractivity contribution in [3.05, 3.63) is 50.2 Å². The predicted octanol–water partition coefficient (Wildman–Crippen LogP) is 2.84. The van der Waals surface area contributed by atoms with Crippen LogP contribution in [-0.2, 0) is 0 Å². The van der Waals surface area contributed by atoms with Crippen molar-refractivity contribution in [3.8, 4) is 11.5 Å². The predicted molar refractivity (Wildman–Crippen MR) is 78.9 cm³/mol.